The van der Waals surface area contributed by atoms with Crippen molar-refractivity contribution < 1.29 is 0 Å². The molecule has 11 aromatic carbocycles. The molecular weight excluding hydrogens is 740 g/mol. The number of hydrogen-bond donors (Lipinski definition) is 0. The molecule has 0 fully saturated rings. The van der Waals surface area contributed by atoms with E-state index in [1.807, 2.05) is 11.3 Å². The predicted molar refractivity (Wildman–Crippen MR) is 263 cm³/mol. The molecule has 272 valence electrons. The van der Waals surface area contributed by atoms with Gasteiger partial charge in [0.05, 0.1) is 10.7 Å². The molecule has 4 heterocycles. The summed E-state index contributed by atoms with van der Waals surface area (Å²) in [6.07, 6.45) is 0. The van der Waals surface area contributed by atoms with Crippen molar-refractivity contribution in [2.45, 2.75) is 0 Å². The molecule has 0 saturated heterocycles. The third-order valence-electron chi connectivity index (χ3n) is 14.3. The zero-order valence-corrected chi connectivity index (χ0v) is 33.2. The van der Waals surface area contributed by atoms with E-state index in [-0.39, 0.29) is 13.4 Å². The molecule has 3 aliphatic heterocycles. The Balaban J connectivity index is 1.18. The second-order valence-corrected chi connectivity index (χ2v) is 18.0. The van der Waals surface area contributed by atoms with Crippen molar-refractivity contribution in [1.82, 2.24) is 0 Å². The molecule has 1 aromatic heterocycles. The monoisotopic (exact) mass is 771 g/mol. The van der Waals surface area contributed by atoms with E-state index in [1.165, 1.54) is 135 Å². The summed E-state index contributed by atoms with van der Waals surface area (Å²) >= 11 is 1.96. The topological polar surface area (TPSA) is 3.24 Å². The maximum Gasteiger partial charge on any atom is 0.248 e. The fourth-order valence-corrected chi connectivity index (χ4v) is 13.2. The lowest BCUT2D eigenvalue weighted by Gasteiger charge is -2.42. The minimum Gasteiger partial charge on any atom is -0.303 e. The average Bonchev–Trinajstić information content (AvgIpc) is 3.86. The summed E-state index contributed by atoms with van der Waals surface area (Å²) in [4.78, 5) is 2.75. The van der Waals surface area contributed by atoms with Crippen LogP contribution in [-0.2, 0) is 0 Å². The van der Waals surface area contributed by atoms with Gasteiger partial charge in [-0.25, -0.2) is 0 Å². The van der Waals surface area contributed by atoms with Crippen molar-refractivity contribution in [3.05, 3.63) is 188 Å². The van der Waals surface area contributed by atoms with E-state index >= 15 is 0 Å². The maximum atomic E-state index is 2.75. The number of benzene rings is 11. The first-order valence-corrected chi connectivity index (χ1v) is 21.9. The molecule has 3 aliphatic rings. The first kappa shape index (κ1) is 31.8. The van der Waals surface area contributed by atoms with Crippen molar-refractivity contribution >= 4 is 149 Å². The fraction of sp³-hybridized carbons (Fsp3) is 0. The number of anilines is 3. The molecule has 15 rings (SSSR count). The Morgan fingerprint density at radius 3 is 1.50 bits per heavy atom. The van der Waals surface area contributed by atoms with Gasteiger partial charge in [0.25, 0.3) is 0 Å². The summed E-state index contributed by atoms with van der Waals surface area (Å²) in [7, 11) is 0. The molecule has 0 amide bonds. The summed E-state index contributed by atoms with van der Waals surface area (Å²) in [5, 5.41) is 18.5. The molecule has 0 spiro atoms. The number of fused-ring (bicyclic) bond motifs is 22. The second kappa shape index (κ2) is 11.3. The normalized spacial score (nSPS) is 13.6. The molecule has 0 bridgehead atoms. The molecule has 60 heavy (non-hydrogen) atoms. The van der Waals surface area contributed by atoms with E-state index in [0.717, 1.165) is 0 Å². The standard InChI is InChI=1S/C56H31B2NS/c1-2-15-32(16-3-1)57-47-26-14-27-48-54(47)59(56-53(57)41-25-12-13-28-50(41)60-56)55-51-40-24-11-10-20-36(40)35-19-6-9-23-39(35)45(51)30-46-44-29-42-37-21-7-4-17-33(37)34-18-5-8-22-38(34)43(42)31-49(44)58(48)52(46)55/h1-31H. The van der Waals surface area contributed by atoms with Crippen LogP contribution in [0.25, 0.3) is 85.8 Å². The molecular formula is C56H31B2NS. The zero-order chi connectivity index (χ0) is 38.8. The molecule has 1 nitrogen and oxygen atoms in total. The van der Waals surface area contributed by atoms with Crippen LogP contribution in [0.1, 0.15) is 0 Å². The Morgan fingerprint density at radius 2 is 0.833 bits per heavy atom. The van der Waals surface area contributed by atoms with Crippen LogP contribution in [0.5, 0.6) is 0 Å². The molecule has 0 aliphatic carbocycles. The van der Waals surface area contributed by atoms with Crippen LogP contribution in [0.3, 0.4) is 0 Å². The summed E-state index contributed by atoms with van der Waals surface area (Å²) in [6.45, 7) is 0.178. The highest BCUT2D eigenvalue weighted by Crippen LogP contribution is 2.51. The lowest BCUT2D eigenvalue weighted by molar-refractivity contribution is 1.36. The molecule has 4 heteroatoms. The number of thiophene rings is 1. The van der Waals surface area contributed by atoms with E-state index in [2.05, 4.69) is 193 Å². The largest absolute Gasteiger partial charge is 0.303 e. The third-order valence-corrected chi connectivity index (χ3v) is 15.4. The Morgan fingerprint density at radius 1 is 0.333 bits per heavy atom. The Hall–Kier alpha value is -7.13. The number of nitrogens with zero attached hydrogens (tertiary/aromatic N) is 1. The van der Waals surface area contributed by atoms with Crippen LogP contribution >= 0.6 is 11.3 Å². The number of hydrogen-bond acceptors (Lipinski definition) is 2. The van der Waals surface area contributed by atoms with E-state index in [1.54, 1.807) is 0 Å². The fourth-order valence-electron chi connectivity index (χ4n) is 12.0. The van der Waals surface area contributed by atoms with Gasteiger partial charge in [0.1, 0.15) is 0 Å². The molecule has 0 N–H and O–H groups in total. The lowest BCUT2D eigenvalue weighted by atomic mass is 9.31. The van der Waals surface area contributed by atoms with Crippen LogP contribution in [-0.4, -0.2) is 13.4 Å². The SMILES string of the molecule is c1ccc(B2c3cccc4c3N(c3sc5ccccc5c32)c2c3c(cc5c6ccccc6c6ccccc6c25)-c2cc5c6ccccc6c6ccccc6c5cc2B43)cc1. The highest BCUT2D eigenvalue weighted by atomic mass is 32.1. The van der Waals surface area contributed by atoms with Gasteiger partial charge in [0.15, 0.2) is 0 Å². The highest BCUT2D eigenvalue weighted by molar-refractivity contribution is 7.26. The van der Waals surface area contributed by atoms with Gasteiger partial charge in [-0.2, -0.15) is 0 Å². The van der Waals surface area contributed by atoms with Gasteiger partial charge in [-0.3, -0.25) is 0 Å². The first-order valence-electron chi connectivity index (χ1n) is 21.1. The van der Waals surface area contributed by atoms with E-state index in [0.29, 0.717) is 0 Å². The summed E-state index contributed by atoms with van der Waals surface area (Å²) in [6, 6.07) is 71.6. The number of para-hydroxylation sites is 1. The van der Waals surface area contributed by atoms with E-state index < -0.39 is 0 Å². The van der Waals surface area contributed by atoms with Crippen molar-refractivity contribution in [2.75, 3.05) is 4.90 Å². The summed E-state index contributed by atoms with van der Waals surface area (Å²) in [5.41, 5.74) is 13.8. The van der Waals surface area contributed by atoms with Gasteiger partial charge in [-0.1, -0.05) is 181 Å². The van der Waals surface area contributed by atoms with Crippen LogP contribution in [0.4, 0.5) is 16.4 Å². The molecule has 12 aromatic rings. The first-order chi connectivity index (χ1) is 29.8. The van der Waals surface area contributed by atoms with E-state index in [9.17, 15) is 0 Å². The van der Waals surface area contributed by atoms with Crippen LogP contribution in [0.15, 0.2) is 188 Å². The second-order valence-electron chi connectivity index (χ2n) is 17.0. The minimum atomic E-state index is 0.0767. The Kier molecular flexibility index (Phi) is 6.00. The quantitative estimate of drug-likeness (QED) is 0.119. The van der Waals surface area contributed by atoms with Crippen molar-refractivity contribution in [2.24, 2.45) is 0 Å². The predicted octanol–water partition coefficient (Wildman–Crippen LogP) is 10.9. The molecule has 0 atom stereocenters. The van der Waals surface area contributed by atoms with Crippen molar-refractivity contribution in [3.8, 4) is 11.1 Å². The zero-order valence-electron chi connectivity index (χ0n) is 32.4. The van der Waals surface area contributed by atoms with Gasteiger partial charge in [-0.15, -0.1) is 11.3 Å². The minimum absolute atomic E-state index is 0.0767. The van der Waals surface area contributed by atoms with Crippen molar-refractivity contribution in [1.29, 1.82) is 0 Å². The summed E-state index contributed by atoms with van der Waals surface area (Å²) < 4.78 is 1.33. The lowest BCUT2D eigenvalue weighted by Crippen LogP contribution is -2.63. The van der Waals surface area contributed by atoms with Gasteiger partial charge in [-0.05, 0) is 116 Å². The smallest absolute Gasteiger partial charge is 0.248 e. The average molecular weight is 772 g/mol. The molecule has 0 saturated carbocycles. The highest BCUT2D eigenvalue weighted by Gasteiger charge is 2.49. The van der Waals surface area contributed by atoms with Gasteiger partial charge < -0.3 is 4.90 Å². The summed E-state index contributed by atoms with van der Waals surface area (Å²) in [5.74, 6) is 0. The molecule has 0 radical (unpaired) electrons. The van der Waals surface area contributed by atoms with Crippen LogP contribution in [0.2, 0.25) is 0 Å². The van der Waals surface area contributed by atoms with Crippen LogP contribution in [0, 0.1) is 0 Å². The number of rotatable bonds is 1. The van der Waals surface area contributed by atoms with Gasteiger partial charge in [0, 0.05) is 15.8 Å². The van der Waals surface area contributed by atoms with Crippen LogP contribution < -0.4 is 37.7 Å². The molecule has 0 unspecified atom stereocenters. The van der Waals surface area contributed by atoms with Gasteiger partial charge >= 0.3 is 0 Å². The Labute approximate surface area is 350 Å². The maximum absolute atomic E-state index is 2.75. The van der Waals surface area contributed by atoms with E-state index in [4.69, 9.17) is 0 Å². The van der Waals surface area contributed by atoms with Crippen molar-refractivity contribution in [3.63, 3.8) is 0 Å². The van der Waals surface area contributed by atoms with Gasteiger partial charge in [0.2, 0.25) is 13.4 Å². The Bertz CT molecular complexity index is 3920. The third kappa shape index (κ3) is 3.82.